The van der Waals surface area contributed by atoms with Crippen molar-refractivity contribution in [3.63, 3.8) is 0 Å². The molecule has 0 saturated carbocycles. The highest BCUT2D eigenvalue weighted by Crippen LogP contribution is 2.19. The molecule has 0 saturated heterocycles. The average Bonchev–Trinajstić information content (AvgIpc) is 1.92. The van der Waals surface area contributed by atoms with Crippen LogP contribution in [0.3, 0.4) is 0 Å². The molecule has 12 heavy (non-hydrogen) atoms. The third kappa shape index (κ3) is 2.02. The van der Waals surface area contributed by atoms with Gasteiger partial charge < -0.3 is 0 Å². The first kappa shape index (κ1) is 9.63. The molecule has 0 bridgehead atoms. The van der Waals surface area contributed by atoms with Gasteiger partial charge in [-0.2, -0.15) is 8.42 Å². The van der Waals surface area contributed by atoms with Crippen molar-refractivity contribution in [1.29, 1.82) is 0 Å². The van der Waals surface area contributed by atoms with Gasteiger partial charge in [0.25, 0.3) is 10.1 Å². The maximum Gasteiger partial charge on any atom is 0.297 e. The molecule has 1 aromatic rings. The van der Waals surface area contributed by atoms with Gasteiger partial charge in [0.2, 0.25) is 0 Å². The number of rotatable bonds is 1. The molecule has 66 valence electrons. The van der Waals surface area contributed by atoms with Crippen molar-refractivity contribution in [2.75, 3.05) is 0 Å². The normalized spacial score (nSPS) is 11.6. The molecule has 0 amide bonds. The van der Waals surface area contributed by atoms with Crippen LogP contribution in [0, 0.1) is 5.82 Å². The Morgan fingerprint density at radius 1 is 1.42 bits per heavy atom. The van der Waals surface area contributed by atoms with Crippen LogP contribution in [0.2, 0.25) is 0 Å². The highest BCUT2D eigenvalue weighted by Gasteiger charge is 2.15. The molecule has 0 spiro atoms. The Bertz CT molecular complexity index is 401. The molecule has 0 radical (unpaired) electrons. The predicted molar refractivity (Wildman–Crippen MR) is 43.9 cm³/mol. The number of hydrogen-bond acceptors (Lipinski definition) is 2. The Labute approximate surface area is 77.1 Å². The summed E-state index contributed by atoms with van der Waals surface area (Å²) < 4.78 is 42.6. The van der Waals surface area contributed by atoms with Crippen molar-refractivity contribution in [2.45, 2.75) is 4.90 Å². The van der Waals surface area contributed by atoms with Gasteiger partial charge in [-0.3, -0.25) is 4.55 Å². The van der Waals surface area contributed by atoms with Crippen molar-refractivity contribution in [2.24, 2.45) is 0 Å². The van der Waals surface area contributed by atoms with E-state index in [2.05, 4.69) is 15.9 Å². The number of hydrogen-bond donors (Lipinski definition) is 1. The summed E-state index contributed by atoms with van der Waals surface area (Å²) >= 11 is 2.95. The molecule has 1 aromatic carbocycles. The Balaban J connectivity index is 3.43. The smallest absolute Gasteiger partial charge is 0.282 e. The molecule has 0 aliphatic heterocycles. The lowest BCUT2D eigenvalue weighted by molar-refractivity contribution is 0.473. The second kappa shape index (κ2) is 3.12. The minimum Gasteiger partial charge on any atom is -0.282 e. The fourth-order valence-corrected chi connectivity index (χ4v) is 1.78. The van der Waals surface area contributed by atoms with Gasteiger partial charge in [-0.25, -0.2) is 4.39 Å². The summed E-state index contributed by atoms with van der Waals surface area (Å²) in [7, 11) is -4.46. The van der Waals surface area contributed by atoms with Gasteiger partial charge in [0, 0.05) is 4.47 Å². The topological polar surface area (TPSA) is 54.4 Å². The number of halogens is 2. The minimum atomic E-state index is -4.46. The maximum atomic E-state index is 12.7. The third-order valence-electron chi connectivity index (χ3n) is 1.17. The lowest BCUT2D eigenvalue weighted by Gasteiger charge is -1.98. The molecule has 0 heterocycles. The molecule has 3 nitrogen and oxygen atoms in total. The zero-order valence-corrected chi connectivity index (χ0v) is 8.06. The van der Waals surface area contributed by atoms with Crippen molar-refractivity contribution in [1.82, 2.24) is 0 Å². The van der Waals surface area contributed by atoms with E-state index in [4.69, 9.17) is 4.55 Å². The van der Waals surface area contributed by atoms with E-state index in [1.807, 2.05) is 0 Å². The van der Waals surface area contributed by atoms with Gasteiger partial charge in [-0.05, 0) is 18.2 Å². The predicted octanol–water partition coefficient (Wildman–Crippen LogP) is 1.83. The van der Waals surface area contributed by atoms with E-state index in [0.717, 1.165) is 12.1 Å². The molecule has 0 aromatic heterocycles. The Kier molecular flexibility index (Phi) is 2.50. The van der Waals surface area contributed by atoms with Gasteiger partial charge in [0.05, 0.1) is 0 Å². The van der Waals surface area contributed by atoms with Crippen LogP contribution in [-0.4, -0.2) is 13.0 Å². The molecule has 0 unspecified atom stereocenters. The van der Waals surface area contributed by atoms with E-state index in [9.17, 15) is 12.8 Å². The van der Waals surface area contributed by atoms with Crippen LogP contribution in [0.15, 0.2) is 27.6 Å². The first-order valence-electron chi connectivity index (χ1n) is 2.84. The average molecular weight is 255 g/mol. The fourth-order valence-electron chi connectivity index (χ4n) is 0.675. The van der Waals surface area contributed by atoms with Crippen LogP contribution < -0.4 is 0 Å². The molecule has 0 aliphatic rings. The van der Waals surface area contributed by atoms with Crippen molar-refractivity contribution in [3.8, 4) is 0 Å². The lowest BCUT2D eigenvalue weighted by Crippen LogP contribution is -2.01. The molecule has 0 aliphatic carbocycles. The van der Waals surface area contributed by atoms with Gasteiger partial charge in [0.1, 0.15) is 10.7 Å². The molecular weight excluding hydrogens is 251 g/mol. The Hall–Kier alpha value is -0.460. The summed E-state index contributed by atoms with van der Waals surface area (Å²) in [6.07, 6.45) is 0. The fraction of sp³-hybridized carbons (Fsp3) is 0. The highest BCUT2D eigenvalue weighted by molar-refractivity contribution is 9.10. The SMILES string of the molecule is O=S(=O)(O)c1cc(Br)ccc1F. The first-order chi connectivity index (χ1) is 5.41. The van der Waals surface area contributed by atoms with Crippen LogP contribution in [0.25, 0.3) is 0 Å². The zero-order valence-electron chi connectivity index (χ0n) is 5.66. The second-order valence-corrected chi connectivity index (χ2v) is 4.36. The van der Waals surface area contributed by atoms with Crippen LogP contribution >= 0.6 is 15.9 Å². The summed E-state index contributed by atoms with van der Waals surface area (Å²) in [5.74, 6) is -0.972. The molecule has 1 N–H and O–H groups in total. The molecule has 0 atom stereocenters. The van der Waals surface area contributed by atoms with Crippen LogP contribution in [0.5, 0.6) is 0 Å². The molecule has 6 heteroatoms. The van der Waals surface area contributed by atoms with E-state index in [0.29, 0.717) is 4.47 Å². The van der Waals surface area contributed by atoms with Gasteiger partial charge >= 0.3 is 0 Å². The van der Waals surface area contributed by atoms with Crippen LogP contribution in [0.1, 0.15) is 0 Å². The summed E-state index contributed by atoms with van der Waals surface area (Å²) in [5.41, 5.74) is 0. The number of benzene rings is 1. The standard InChI is InChI=1S/C6H4BrFO3S/c7-4-1-2-5(8)6(3-4)12(9,10)11/h1-3H,(H,9,10,11). The van der Waals surface area contributed by atoms with Crippen LogP contribution in [0.4, 0.5) is 4.39 Å². The first-order valence-corrected chi connectivity index (χ1v) is 5.07. The lowest BCUT2D eigenvalue weighted by atomic mass is 10.3. The molecule has 0 fully saturated rings. The Morgan fingerprint density at radius 2 is 2.00 bits per heavy atom. The van der Waals surface area contributed by atoms with Gasteiger partial charge in [-0.1, -0.05) is 15.9 Å². The maximum absolute atomic E-state index is 12.7. The Morgan fingerprint density at radius 3 is 2.42 bits per heavy atom. The van der Waals surface area contributed by atoms with Crippen molar-refractivity contribution < 1.29 is 17.4 Å². The summed E-state index contributed by atoms with van der Waals surface area (Å²) in [6.45, 7) is 0. The second-order valence-electron chi connectivity index (χ2n) is 2.05. The van der Waals surface area contributed by atoms with E-state index >= 15 is 0 Å². The van der Waals surface area contributed by atoms with Crippen molar-refractivity contribution in [3.05, 3.63) is 28.5 Å². The van der Waals surface area contributed by atoms with Gasteiger partial charge in [-0.15, -0.1) is 0 Å². The van der Waals surface area contributed by atoms with Crippen molar-refractivity contribution >= 4 is 26.0 Å². The summed E-state index contributed by atoms with van der Waals surface area (Å²) in [5, 5.41) is 0. The largest absolute Gasteiger partial charge is 0.297 e. The molecule has 1 rings (SSSR count). The van der Waals surface area contributed by atoms with E-state index in [1.165, 1.54) is 6.07 Å². The van der Waals surface area contributed by atoms with Crippen LogP contribution in [-0.2, 0) is 10.1 Å². The summed E-state index contributed by atoms with van der Waals surface area (Å²) in [4.78, 5) is -0.725. The minimum absolute atomic E-state index is 0.386. The van der Waals surface area contributed by atoms with E-state index in [1.54, 1.807) is 0 Å². The highest BCUT2D eigenvalue weighted by atomic mass is 79.9. The van der Waals surface area contributed by atoms with E-state index < -0.39 is 20.8 Å². The molecular formula is C6H4BrFO3S. The monoisotopic (exact) mass is 254 g/mol. The van der Waals surface area contributed by atoms with E-state index in [-0.39, 0.29) is 0 Å². The third-order valence-corrected chi connectivity index (χ3v) is 2.53. The zero-order chi connectivity index (χ0) is 9.35. The quantitative estimate of drug-likeness (QED) is 0.779. The summed E-state index contributed by atoms with van der Waals surface area (Å²) in [6, 6.07) is 3.28. The van der Waals surface area contributed by atoms with Gasteiger partial charge in [0.15, 0.2) is 0 Å².